The molecule has 1 saturated heterocycles. The van der Waals surface area contributed by atoms with E-state index >= 15 is 0 Å². The Kier molecular flexibility index (Phi) is 6.81. The summed E-state index contributed by atoms with van der Waals surface area (Å²) in [5, 5.41) is 0. The Hall–Kier alpha value is -2.67. The van der Waals surface area contributed by atoms with E-state index in [1.54, 1.807) is 24.3 Å². The molecule has 1 aliphatic rings. The minimum Gasteiger partial charge on any atom is -0.454 e. The van der Waals surface area contributed by atoms with Gasteiger partial charge in [-0.05, 0) is 49.2 Å². The molecule has 0 bridgehead atoms. The van der Waals surface area contributed by atoms with Crippen LogP contribution >= 0.6 is 11.8 Å². The molecule has 0 N–H and O–H groups in total. The summed E-state index contributed by atoms with van der Waals surface area (Å²) >= 11 is 1.28. The van der Waals surface area contributed by atoms with Crippen LogP contribution < -0.4 is 0 Å². The molecule has 146 valence electrons. The lowest BCUT2D eigenvalue weighted by Gasteiger charge is -2.15. The first-order valence-corrected chi connectivity index (χ1v) is 9.98. The third-order valence-corrected chi connectivity index (χ3v) is 5.48. The minimum absolute atomic E-state index is 0.0529. The molecule has 0 unspecified atom stereocenters. The van der Waals surface area contributed by atoms with Crippen molar-refractivity contribution in [1.29, 1.82) is 0 Å². The minimum atomic E-state index is -0.632. The number of nitrogens with zero attached hydrogens (tertiary/aromatic N) is 1. The van der Waals surface area contributed by atoms with E-state index in [9.17, 15) is 18.8 Å². The van der Waals surface area contributed by atoms with E-state index in [0.717, 1.165) is 25.9 Å². The molecule has 28 heavy (non-hydrogen) atoms. The number of rotatable bonds is 7. The van der Waals surface area contributed by atoms with Crippen molar-refractivity contribution in [3.8, 4) is 0 Å². The molecular formula is C21H20FNO4S. The molecule has 3 rings (SSSR count). The van der Waals surface area contributed by atoms with E-state index < -0.39 is 24.2 Å². The molecule has 2 aromatic rings. The Morgan fingerprint density at radius 3 is 2.39 bits per heavy atom. The van der Waals surface area contributed by atoms with Gasteiger partial charge in [0.05, 0.1) is 11.3 Å². The molecule has 0 aromatic heterocycles. The lowest BCUT2D eigenvalue weighted by Crippen LogP contribution is -2.29. The van der Waals surface area contributed by atoms with Gasteiger partial charge in [0.2, 0.25) is 5.91 Å². The molecular weight excluding hydrogens is 381 g/mol. The predicted octanol–water partition coefficient (Wildman–Crippen LogP) is 3.58. The first kappa shape index (κ1) is 20.1. The summed E-state index contributed by atoms with van der Waals surface area (Å²) in [5.41, 5.74) is 0.585. The molecule has 2 aromatic carbocycles. The number of hydrogen-bond donors (Lipinski definition) is 0. The number of carbonyl (C=O) groups excluding carboxylic acids is 3. The van der Waals surface area contributed by atoms with Gasteiger partial charge in [-0.3, -0.25) is 9.59 Å². The summed E-state index contributed by atoms with van der Waals surface area (Å²) < 4.78 is 18.1. The third kappa shape index (κ3) is 5.19. The molecule has 1 amide bonds. The zero-order valence-corrected chi connectivity index (χ0v) is 16.0. The van der Waals surface area contributed by atoms with E-state index in [1.807, 2.05) is 4.90 Å². The number of halogens is 1. The SMILES string of the molecule is O=C(COC(=O)c1ccccc1SCC(=O)N1CCCC1)c1ccc(F)cc1. The first-order chi connectivity index (χ1) is 13.5. The summed E-state index contributed by atoms with van der Waals surface area (Å²) in [6.45, 7) is 1.14. The number of thioether (sulfide) groups is 1. The number of esters is 1. The highest BCUT2D eigenvalue weighted by Gasteiger charge is 2.20. The number of Topliss-reactive ketones (excluding diaryl/α,β-unsaturated/α-hetero) is 1. The Labute approximate surface area is 166 Å². The Morgan fingerprint density at radius 1 is 1.00 bits per heavy atom. The monoisotopic (exact) mass is 401 g/mol. The summed E-state index contributed by atoms with van der Waals surface area (Å²) in [7, 11) is 0. The van der Waals surface area contributed by atoms with Gasteiger partial charge in [0.15, 0.2) is 12.4 Å². The van der Waals surface area contributed by atoms with Crippen LogP contribution in [0.5, 0.6) is 0 Å². The molecule has 1 fully saturated rings. The normalized spacial score (nSPS) is 13.4. The van der Waals surface area contributed by atoms with Crippen LogP contribution in [0.4, 0.5) is 4.39 Å². The molecule has 1 aliphatic heterocycles. The third-order valence-electron chi connectivity index (χ3n) is 4.42. The summed E-state index contributed by atoms with van der Waals surface area (Å²) in [6, 6.07) is 11.9. The molecule has 7 heteroatoms. The van der Waals surface area contributed by atoms with Crippen LogP contribution in [0.2, 0.25) is 0 Å². The summed E-state index contributed by atoms with van der Waals surface area (Å²) in [5.74, 6) is -1.19. The van der Waals surface area contributed by atoms with Crippen molar-refractivity contribution in [3.05, 3.63) is 65.5 Å². The first-order valence-electron chi connectivity index (χ1n) is 9.00. The van der Waals surface area contributed by atoms with Gasteiger partial charge in [0, 0.05) is 23.5 Å². The van der Waals surface area contributed by atoms with Crippen molar-refractivity contribution in [2.45, 2.75) is 17.7 Å². The average Bonchev–Trinajstić information content (AvgIpc) is 3.26. The average molecular weight is 401 g/mol. The maximum Gasteiger partial charge on any atom is 0.339 e. The number of hydrogen-bond acceptors (Lipinski definition) is 5. The molecule has 0 atom stereocenters. The Bertz CT molecular complexity index is 863. The van der Waals surface area contributed by atoms with E-state index in [-0.39, 0.29) is 17.2 Å². The fraction of sp³-hybridized carbons (Fsp3) is 0.286. The number of carbonyl (C=O) groups is 3. The molecule has 0 saturated carbocycles. The smallest absolute Gasteiger partial charge is 0.339 e. The van der Waals surface area contributed by atoms with Crippen LogP contribution in [-0.4, -0.2) is 48.0 Å². The van der Waals surface area contributed by atoms with Crippen LogP contribution in [0.3, 0.4) is 0 Å². The van der Waals surface area contributed by atoms with Crippen LogP contribution in [0.25, 0.3) is 0 Å². The van der Waals surface area contributed by atoms with Gasteiger partial charge in [-0.1, -0.05) is 12.1 Å². The molecule has 0 spiro atoms. The van der Waals surface area contributed by atoms with Crippen molar-refractivity contribution in [2.24, 2.45) is 0 Å². The number of amides is 1. The highest BCUT2D eigenvalue weighted by Crippen LogP contribution is 2.24. The maximum absolute atomic E-state index is 12.9. The molecule has 0 radical (unpaired) electrons. The van der Waals surface area contributed by atoms with Gasteiger partial charge in [0.25, 0.3) is 0 Å². The van der Waals surface area contributed by atoms with Gasteiger partial charge < -0.3 is 9.64 Å². The molecule has 0 aliphatic carbocycles. The van der Waals surface area contributed by atoms with Gasteiger partial charge in [-0.15, -0.1) is 11.8 Å². The number of likely N-dealkylation sites (tertiary alicyclic amines) is 1. The van der Waals surface area contributed by atoms with Crippen molar-refractivity contribution < 1.29 is 23.5 Å². The fourth-order valence-corrected chi connectivity index (χ4v) is 3.83. The van der Waals surface area contributed by atoms with Crippen LogP contribution in [0.15, 0.2) is 53.4 Å². The predicted molar refractivity (Wildman–Crippen MR) is 104 cm³/mol. The standard InChI is InChI=1S/C21H20FNO4S/c22-16-9-7-15(8-10-16)18(24)13-27-21(26)17-5-1-2-6-19(17)28-14-20(25)23-11-3-4-12-23/h1-2,5-10H,3-4,11-14H2. The second kappa shape index (κ2) is 9.50. The fourth-order valence-electron chi connectivity index (χ4n) is 2.89. The quantitative estimate of drug-likeness (QED) is 0.403. The van der Waals surface area contributed by atoms with E-state index in [1.165, 1.54) is 36.0 Å². The van der Waals surface area contributed by atoms with Crippen molar-refractivity contribution in [3.63, 3.8) is 0 Å². The van der Waals surface area contributed by atoms with E-state index in [0.29, 0.717) is 10.5 Å². The largest absolute Gasteiger partial charge is 0.454 e. The van der Waals surface area contributed by atoms with Crippen molar-refractivity contribution in [2.75, 3.05) is 25.4 Å². The summed E-state index contributed by atoms with van der Waals surface area (Å²) in [4.78, 5) is 39.2. The van der Waals surface area contributed by atoms with Gasteiger partial charge in [0.1, 0.15) is 5.82 Å². The van der Waals surface area contributed by atoms with Gasteiger partial charge in [-0.25, -0.2) is 9.18 Å². The maximum atomic E-state index is 12.9. The Balaban J connectivity index is 1.58. The second-order valence-corrected chi connectivity index (χ2v) is 7.40. The zero-order valence-electron chi connectivity index (χ0n) is 15.2. The number of ketones is 1. The van der Waals surface area contributed by atoms with Crippen LogP contribution in [0, 0.1) is 5.82 Å². The lowest BCUT2D eigenvalue weighted by atomic mass is 10.1. The van der Waals surface area contributed by atoms with Crippen LogP contribution in [0.1, 0.15) is 33.6 Å². The van der Waals surface area contributed by atoms with E-state index in [4.69, 9.17) is 4.74 Å². The van der Waals surface area contributed by atoms with Crippen molar-refractivity contribution >= 4 is 29.4 Å². The number of ether oxygens (including phenoxy) is 1. The Morgan fingerprint density at radius 2 is 1.68 bits per heavy atom. The zero-order chi connectivity index (χ0) is 19.9. The molecule has 1 heterocycles. The highest BCUT2D eigenvalue weighted by molar-refractivity contribution is 8.00. The number of benzene rings is 2. The lowest BCUT2D eigenvalue weighted by molar-refractivity contribution is -0.127. The molecule has 5 nitrogen and oxygen atoms in total. The highest BCUT2D eigenvalue weighted by atomic mass is 32.2. The van der Waals surface area contributed by atoms with E-state index in [2.05, 4.69) is 0 Å². The van der Waals surface area contributed by atoms with Gasteiger partial charge in [-0.2, -0.15) is 0 Å². The van der Waals surface area contributed by atoms with Crippen molar-refractivity contribution in [1.82, 2.24) is 4.90 Å². The second-order valence-electron chi connectivity index (χ2n) is 6.38. The summed E-state index contributed by atoms with van der Waals surface area (Å²) in [6.07, 6.45) is 2.06. The topological polar surface area (TPSA) is 63.7 Å². The van der Waals surface area contributed by atoms with Gasteiger partial charge >= 0.3 is 5.97 Å². The van der Waals surface area contributed by atoms with Crippen LogP contribution in [-0.2, 0) is 9.53 Å².